The maximum absolute atomic E-state index is 11.8. The van der Waals surface area contributed by atoms with Crippen LogP contribution in [0.15, 0.2) is 0 Å². The van der Waals surface area contributed by atoms with Gasteiger partial charge in [0.2, 0.25) is 5.91 Å². The zero-order chi connectivity index (χ0) is 24.9. The standard InChI is InChI=1S/C24H47NO8/c1-2-3-4-5-6-7-8-9-10-11-12-13-14-15-20(28)25-16-17-33-24(32)23(31)22(30)21(29)19(27)18-26/h19,21-23,26-27,29-31H,2-18H2,1H3,(H,25,28)/t19-,21-,22+,23-/m1/s1. The normalized spacial score (nSPS) is 15.0. The van der Waals surface area contributed by atoms with Crippen molar-refractivity contribution in [1.29, 1.82) is 0 Å². The van der Waals surface area contributed by atoms with Crippen LogP contribution in [0.2, 0.25) is 0 Å². The molecule has 0 spiro atoms. The Morgan fingerprint density at radius 1 is 0.758 bits per heavy atom. The largest absolute Gasteiger partial charge is 0.462 e. The lowest BCUT2D eigenvalue weighted by Crippen LogP contribution is -2.49. The van der Waals surface area contributed by atoms with Gasteiger partial charge in [-0.25, -0.2) is 4.79 Å². The smallest absolute Gasteiger partial charge is 0.337 e. The van der Waals surface area contributed by atoms with E-state index in [9.17, 15) is 30.0 Å². The third-order valence-electron chi connectivity index (χ3n) is 5.67. The highest BCUT2D eigenvalue weighted by Crippen LogP contribution is 2.13. The summed E-state index contributed by atoms with van der Waals surface area (Å²) in [5, 5.41) is 49.3. The van der Waals surface area contributed by atoms with Crippen LogP contribution >= 0.6 is 0 Å². The molecule has 0 aliphatic rings. The fourth-order valence-electron chi connectivity index (χ4n) is 3.48. The number of amides is 1. The summed E-state index contributed by atoms with van der Waals surface area (Å²) in [5.41, 5.74) is 0. The Labute approximate surface area is 198 Å². The molecule has 9 nitrogen and oxygen atoms in total. The molecule has 0 aliphatic heterocycles. The summed E-state index contributed by atoms with van der Waals surface area (Å²) in [5.74, 6) is -1.34. The van der Waals surface area contributed by atoms with Crippen LogP contribution in [0.5, 0.6) is 0 Å². The lowest BCUT2D eigenvalue weighted by Gasteiger charge is -2.24. The van der Waals surface area contributed by atoms with E-state index in [0.29, 0.717) is 6.42 Å². The minimum absolute atomic E-state index is 0.0631. The molecular formula is C24H47NO8. The molecule has 33 heavy (non-hydrogen) atoms. The fraction of sp³-hybridized carbons (Fsp3) is 0.917. The summed E-state index contributed by atoms with van der Waals surface area (Å²) in [6, 6.07) is 0. The molecule has 0 rings (SSSR count). The van der Waals surface area contributed by atoms with Crippen LogP contribution in [-0.2, 0) is 14.3 Å². The van der Waals surface area contributed by atoms with Crippen molar-refractivity contribution in [3.63, 3.8) is 0 Å². The predicted molar refractivity (Wildman–Crippen MR) is 125 cm³/mol. The van der Waals surface area contributed by atoms with Gasteiger partial charge in [0.05, 0.1) is 13.2 Å². The third-order valence-corrected chi connectivity index (χ3v) is 5.67. The molecule has 0 fully saturated rings. The predicted octanol–water partition coefficient (Wildman–Crippen LogP) is 1.56. The molecule has 0 saturated heterocycles. The first-order chi connectivity index (χ1) is 15.8. The zero-order valence-corrected chi connectivity index (χ0v) is 20.3. The van der Waals surface area contributed by atoms with E-state index in [0.717, 1.165) is 19.3 Å². The number of carbonyl (C=O) groups excluding carboxylic acids is 2. The number of rotatable bonds is 22. The van der Waals surface area contributed by atoms with Crippen molar-refractivity contribution in [2.45, 2.75) is 121 Å². The van der Waals surface area contributed by atoms with Gasteiger partial charge in [-0.15, -0.1) is 0 Å². The summed E-state index contributed by atoms with van der Waals surface area (Å²) < 4.78 is 4.74. The monoisotopic (exact) mass is 477 g/mol. The van der Waals surface area contributed by atoms with Gasteiger partial charge in [0.1, 0.15) is 24.9 Å². The lowest BCUT2D eigenvalue weighted by molar-refractivity contribution is -0.170. The molecule has 9 heteroatoms. The SMILES string of the molecule is CCCCCCCCCCCCCCCC(=O)NCCOC(=O)[C@H](O)[C@@H](O)[C@H](O)[C@H](O)CO. The molecular weight excluding hydrogens is 430 g/mol. The summed E-state index contributed by atoms with van der Waals surface area (Å²) in [6.45, 7) is 1.25. The summed E-state index contributed by atoms with van der Waals surface area (Å²) in [7, 11) is 0. The van der Waals surface area contributed by atoms with Crippen molar-refractivity contribution in [2.75, 3.05) is 19.8 Å². The van der Waals surface area contributed by atoms with Crippen LogP contribution < -0.4 is 5.32 Å². The van der Waals surface area contributed by atoms with Gasteiger partial charge in [0.25, 0.3) is 0 Å². The first-order valence-corrected chi connectivity index (χ1v) is 12.6. The maximum atomic E-state index is 11.8. The van der Waals surface area contributed by atoms with E-state index in [1.54, 1.807) is 0 Å². The van der Waals surface area contributed by atoms with E-state index in [1.807, 2.05) is 0 Å². The first-order valence-electron chi connectivity index (χ1n) is 12.6. The molecule has 0 radical (unpaired) electrons. The second-order valence-electron chi connectivity index (χ2n) is 8.69. The van der Waals surface area contributed by atoms with E-state index in [1.165, 1.54) is 64.2 Å². The third kappa shape index (κ3) is 16.9. The first kappa shape index (κ1) is 31.7. The van der Waals surface area contributed by atoms with Gasteiger partial charge >= 0.3 is 5.97 Å². The van der Waals surface area contributed by atoms with Gasteiger partial charge in [-0.1, -0.05) is 84.0 Å². The Morgan fingerprint density at radius 3 is 1.73 bits per heavy atom. The number of ether oxygens (including phenoxy) is 1. The Hall–Kier alpha value is -1.26. The van der Waals surface area contributed by atoms with Gasteiger partial charge in [0, 0.05) is 6.42 Å². The number of carbonyl (C=O) groups is 2. The van der Waals surface area contributed by atoms with Crippen molar-refractivity contribution in [3.8, 4) is 0 Å². The van der Waals surface area contributed by atoms with Gasteiger partial charge in [-0.3, -0.25) is 4.79 Å². The van der Waals surface area contributed by atoms with E-state index >= 15 is 0 Å². The number of aliphatic hydroxyl groups is 5. The zero-order valence-electron chi connectivity index (χ0n) is 20.3. The molecule has 4 atom stereocenters. The Balaban J connectivity index is 3.60. The Morgan fingerprint density at radius 2 is 1.24 bits per heavy atom. The van der Waals surface area contributed by atoms with Crippen LogP contribution in [0.3, 0.4) is 0 Å². The number of nitrogens with one attached hydrogen (secondary N) is 1. The van der Waals surface area contributed by atoms with Crippen LogP contribution in [-0.4, -0.2) is 81.6 Å². The number of unbranched alkanes of at least 4 members (excludes halogenated alkanes) is 12. The van der Waals surface area contributed by atoms with Crippen molar-refractivity contribution in [3.05, 3.63) is 0 Å². The Bertz CT molecular complexity index is 491. The van der Waals surface area contributed by atoms with Crippen LogP contribution in [0.25, 0.3) is 0 Å². The number of hydrogen-bond acceptors (Lipinski definition) is 8. The fourth-order valence-corrected chi connectivity index (χ4v) is 3.48. The molecule has 0 aromatic rings. The van der Waals surface area contributed by atoms with Gasteiger partial charge in [-0.05, 0) is 6.42 Å². The number of hydrogen-bond donors (Lipinski definition) is 6. The molecule has 0 aromatic heterocycles. The second-order valence-corrected chi connectivity index (χ2v) is 8.69. The van der Waals surface area contributed by atoms with Crippen molar-refractivity contribution in [2.24, 2.45) is 0 Å². The minimum Gasteiger partial charge on any atom is -0.462 e. The van der Waals surface area contributed by atoms with Crippen LogP contribution in [0.1, 0.15) is 96.8 Å². The maximum Gasteiger partial charge on any atom is 0.337 e. The quantitative estimate of drug-likeness (QED) is 0.101. The van der Waals surface area contributed by atoms with Crippen LogP contribution in [0.4, 0.5) is 0 Å². The second kappa shape index (κ2) is 21.3. The molecule has 196 valence electrons. The molecule has 0 aromatic carbocycles. The van der Waals surface area contributed by atoms with Gasteiger partial charge in [-0.2, -0.15) is 0 Å². The van der Waals surface area contributed by atoms with Gasteiger partial charge in [0.15, 0.2) is 6.10 Å². The highest BCUT2D eigenvalue weighted by Gasteiger charge is 2.35. The van der Waals surface area contributed by atoms with Crippen molar-refractivity contribution < 1.29 is 39.9 Å². The van der Waals surface area contributed by atoms with E-state index in [4.69, 9.17) is 9.84 Å². The van der Waals surface area contributed by atoms with Gasteiger partial charge < -0.3 is 35.6 Å². The lowest BCUT2D eigenvalue weighted by atomic mass is 10.0. The average molecular weight is 478 g/mol. The molecule has 0 unspecified atom stereocenters. The summed E-state index contributed by atoms with van der Waals surface area (Å²) >= 11 is 0. The van der Waals surface area contributed by atoms with Crippen LogP contribution in [0, 0.1) is 0 Å². The topological polar surface area (TPSA) is 157 Å². The minimum atomic E-state index is -2.08. The molecule has 1 amide bonds. The molecule has 0 heterocycles. The molecule has 0 bridgehead atoms. The number of esters is 1. The Kier molecular flexibility index (Phi) is 20.5. The van der Waals surface area contributed by atoms with E-state index in [2.05, 4.69) is 12.2 Å². The number of aliphatic hydroxyl groups excluding tert-OH is 5. The highest BCUT2D eigenvalue weighted by atomic mass is 16.5. The van der Waals surface area contributed by atoms with Crippen molar-refractivity contribution in [1.82, 2.24) is 5.32 Å². The average Bonchev–Trinajstić information content (AvgIpc) is 2.82. The molecule has 6 N–H and O–H groups in total. The summed E-state index contributed by atoms with van der Waals surface area (Å²) in [6.07, 6.45) is 8.77. The highest BCUT2D eigenvalue weighted by molar-refractivity contribution is 5.76. The van der Waals surface area contributed by atoms with E-state index in [-0.39, 0.29) is 19.1 Å². The van der Waals surface area contributed by atoms with Crippen molar-refractivity contribution >= 4 is 11.9 Å². The summed E-state index contributed by atoms with van der Waals surface area (Å²) in [4.78, 5) is 23.5. The van der Waals surface area contributed by atoms with E-state index < -0.39 is 37.0 Å². The molecule has 0 saturated carbocycles. The molecule has 0 aliphatic carbocycles.